The van der Waals surface area contributed by atoms with Crippen LogP contribution in [0.4, 0.5) is 0 Å². The van der Waals surface area contributed by atoms with Crippen LogP contribution in [0.15, 0.2) is 5.51 Å². The molecule has 0 radical (unpaired) electrons. The van der Waals surface area contributed by atoms with E-state index in [-0.39, 0.29) is 17.2 Å². The van der Waals surface area contributed by atoms with E-state index in [0.717, 1.165) is 17.8 Å². The van der Waals surface area contributed by atoms with Crippen molar-refractivity contribution in [2.75, 3.05) is 5.88 Å². The lowest BCUT2D eigenvalue weighted by atomic mass is 9.98. The predicted octanol–water partition coefficient (Wildman–Crippen LogP) is 1.94. The van der Waals surface area contributed by atoms with E-state index in [9.17, 15) is 4.79 Å². The Labute approximate surface area is 104 Å². The van der Waals surface area contributed by atoms with Crippen molar-refractivity contribution in [1.82, 2.24) is 10.2 Å². The first-order valence-electron chi connectivity index (χ1n) is 5.09. The summed E-state index contributed by atoms with van der Waals surface area (Å²) in [5, 5.41) is 8.69. The minimum absolute atomic E-state index is 0.0251. The van der Waals surface area contributed by atoms with Gasteiger partial charge >= 0.3 is 0 Å². The van der Waals surface area contributed by atoms with Gasteiger partial charge in [0, 0.05) is 17.2 Å². The summed E-state index contributed by atoms with van der Waals surface area (Å²) < 4.78 is 0. The first kappa shape index (κ1) is 13.4. The van der Waals surface area contributed by atoms with Gasteiger partial charge in [-0.15, -0.1) is 33.1 Å². The molecule has 0 aromatic carbocycles. The third-order valence-electron chi connectivity index (χ3n) is 2.25. The van der Waals surface area contributed by atoms with Crippen molar-refractivity contribution >= 4 is 28.8 Å². The van der Waals surface area contributed by atoms with Gasteiger partial charge < -0.3 is 5.73 Å². The molecule has 4 nitrogen and oxygen atoms in total. The molecule has 6 heteroatoms. The number of carbonyl (C=O) groups excluding carboxylic acids is 1. The molecule has 2 N–H and O–H groups in total. The molecule has 2 rings (SSSR count). The van der Waals surface area contributed by atoms with Crippen LogP contribution in [0, 0.1) is 5.92 Å². The van der Waals surface area contributed by atoms with Crippen molar-refractivity contribution in [3.05, 3.63) is 10.5 Å². The second-order valence-corrected chi connectivity index (χ2v) is 5.54. The van der Waals surface area contributed by atoms with Crippen LogP contribution in [0.5, 0.6) is 0 Å². The molecule has 1 amide bonds. The Kier molecular flexibility index (Phi) is 4.68. The van der Waals surface area contributed by atoms with Crippen molar-refractivity contribution in [3.8, 4) is 0 Å². The summed E-state index contributed by atoms with van der Waals surface area (Å²) in [4.78, 5) is 9.98. The van der Waals surface area contributed by atoms with Crippen LogP contribution in [-0.4, -0.2) is 22.0 Å². The molecular formula is C10H16ClN3OS. The zero-order chi connectivity index (χ0) is 12.2. The van der Waals surface area contributed by atoms with Gasteiger partial charge in [0.15, 0.2) is 0 Å². The number of primary amides is 1. The third kappa shape index (κ3) is 4.06. The topological polar surface area (TPSA) is 68.9 Å². The van der Waals surface area contributed by atoms with E-state index in [1.165, 1.54) is 0 Å². The summed E-state index contributed by atoms with van der Waals surface area (Å²) in [6, 6.07) is 0. The van der Waals surface area contributed by atoms with E-state index in [2.05, 4.69) is 24.0 Å². The van der Waals surface area contributed by atoms with Crippen molar-refractivity contribution in [1.29, 1.82) is 0 Å². The van der Waals surface area contributed by atoms with Gasteiger partial charge in [-0.3, -0.25) is 4.79 Å². The smallest absolute Gasteiger partial charge is 0.220 e. The lowest BCUT2D eigenvalue weighted by Crippen LogP contribution is -2.18. The SMILES string of the molecule is CC(C)(CCl)c1nncs1.NC(=O)C1CC1. The molecule has 0 unspecified atom stereocenters. The van der Waals surface area contributed by atoms with Gasteiger partial charge in [0.05, 0.1) is 0 Å². The lowest BCUT2D eigenvalue weighted by molar-refractivity contribution is -0.119. The average Bonchev–Trinajstić information content (AvgIpc) is 2.95. The Balaban J connectivity index is 0.000000181. The minimum atomic E-state index is -0.130. The number of hydrogen-bond acceptors (Lipinski definition) is 4. The van der Waals surface area contributed by atoms with Crippen LogP contribution in [-0.2, 0) is 10.2 Å². The van der Waals surface area contributed by atoms with Gasteiger partial charge in [-0.05, 0) is 12.8 Å². The molecule has 1 aliphatic rings. The van der Waals surface area contributed by atoms with Gasteiger partial charge in [0.25, 0.3) is 0 Å². The fraction of sp³-hybridized carbons (Fsp3) is 0.700. The van der Waals surface area contributed by atoms with Gasteiger partial charge in [-0.2, -0.15) is 0 Å². The number of nitrogens with two attached hydrogens (primary N) is 1. The van der Waals surface area contributed by atoms with E-state index >= 15 is 0 Å². The van der Waals surface area contributed by atoms with Crippen LogP contribution < -0.4 is 5.73 Å². The van der Waals surface area contributed by atoms with Crippen LogP contribution in [0.1, 0.15) is 31.7 Å². The molecule has 0 spiro atoms. The number of halogens is 1. The van der Waals surface area contributed by atoms with E-state index in [4.69, 9.17) is 17.3 Å². The highest BCUT2D eigenvalue weighted by Crippen LogP contribution is 2.27. The number of rotatable bonds is 3. The standard InChI is InChI=1S/C6H9ClN2S.C4H7NO/c1-6(2,3-7)5-9-8-4-10-5;5-4(6)3-1-2-3/h4H,3H2,1-2H3;3H,1-2H2,(H2,5,6). The van der Waals surface area contributed by atoms with Crippen LogP contribution in [0.25, 0.3) is 0 Å². The third-order valence-corrected chi connectivity index (χ3v) is 3.98. The van der Waals surface area contributed by atoms with Gasteiger partial charge in [-0.1, -0.05) is 13.8 Å². The highest BCUT2D eigenvalue weighted by atomic mass is 35.5. The number of carbonyl (C=O) groups is 1. The second kappa shape index (κ2) is 5.59. The van der Waals surface area contributed by atoms with E-state index in [0.29, 0.717) is 5.88 Å². The quantitative estimate of drug-likeness (QED) is 0.846. The molecule has 1 aromatic heterocycles. The van der Waals surface area contributed by atoms with E-state index < -0.39 is 0 Å². The van der Waals surface area contributed by atoms with Gasteiger partial charge in [0.2, 0.25) is 5.91 Å². The Morgan fingerprint density at radius 3 is 2.56 bits per heavy atom. The van der Waals surface area contributed by atoms with E-state index in [1.807, 2.05) is 0 Å². The molecule has 0 atom stereocenters. The molecule has 0 bridgehead atoms. The number of alkyl halides is 1. The summed E-state index contributed by atoms with van der Waals surface area (Å²) >= 11 is 7.27. The normalized spacial score (nSPS) is 15.2. The van der Waals surface area contributed by atoms with Crippen LogP contribution in [0.3, 0.4) is 0 Å². The van der Waals surface area contributed by atoms with Crippen molar-refractivity contribution < 1.29 is 4.79 Å². The lowest BCUT2D eigenvalue weighted by Gasteiger charge is -2.16. The Bertz CT molecular complexity index is 336. The second-order valence-electron chi connectivity index (χ2n) is 4.44. The maximum absolute atomic E-state index is 9.98. The molecule has 0 aliphatic heterocycles. The number of nitrogens with zero attached hydrogens (tertiary/aromatic N) is 2. The largest absolute Gasteiger partial charge is 0.369 e. The highest BCUT2D eigenvalue weighted by molar-refractivity contribution is 7.09. The van der Waals surface area contributed by atoms with Crippen molar-refractivity contribution in [2.24, 2.45) is 11.7 Å². The summed E-state index contributed by atoms with van der Waals surface area (Å²) in [6.07, 6.45) is 2.05. The first-order chi connectivity index (χ1) is 7.47. The van der Waals surface area contributed by atoms with Crippen LogP contribution >= 0.6 is 22.9 Å². The summed E-state index contributed by atoms with van der Waals surface area (Å²) in [5.74, 6) is 0.697. The van der Waals surface area contributed by atoms with Gasteiger partial charge in [0.1, 0.15) is 10.5 Å². The van der Waals surface area contributed by atoms with Crippen molar-refractivity contribution in [2.45, 2.75) is 32.1 Å². The Morgan fingerprint density at radius 1 is 1.69 bits per heavy atom. The number of hydrogen-bond donors (Lipinski definition) is 1. The predicted molar refractivity (Wildman–Crippen MR) is 65.6 cm³/mol. The maximum atomic E-state index is 9.98. The molecule has 1 aliphatic carbocycles. The van der Waals surface area contributed by atoms with Gasteiger partial charge in [-0.25, -0.2) is 0 Å². The molecule has 1 heterocycles. The monoisotopic (exact) mass is 261 g/mol. The average molecular weight is 262 g/mol. The Morgan fingerprint density at radius 2 is 2.31 bits per heavy atom. The molecular weight excluding hydrogens is 246 g/mol. The maximum Gasteiger partial charge on any atom is 0.220 e. The number of aromatic nitrogens is 2. The molecule has 1 saturated carbocycles. The molecule has 0 saturated heterocycles. The zero-order valence-electron chi connectivity index (χ0n) is 9.44. The minimum Gasteiger partial charge on any atom is -0.369 e. The van der Waals surface area contributed by atoms with Crippen molar-refractivity contribution in [3.63, 3.8) is 0 Å². The fourth-order valence-electron chi connectivity index (χ4n) is 0.893. The summed E-state index contributed by atoms with van der Waals surface area (Å²) in [5.41, 5.74) is 6.56. The summed E-state index contributed by atoms with van der Waals surface area (Å²) in [7, 11) is 0. The fourth-order valence-corrected chi connectivity index (χ4v) is 1.78. The molecule has 16 heavy (non-hydrogen) atoms. The van der Waals surface area contributed by atoms with E-state index in [1.54, 1.807) is 16.8 Å². The summed E-state index contributed by atoms with van der Waals surface area (Å²) in [6.45, 7) is 4.11. The first-order valence-corrected chi connectivity index (χ1v) is 6.50. The van der Waals surface area contributed by atoms with Crippen LogP contribution in [0.2, 0.25) is 0 Å². The Hall–Kier alpha value is -0.680. The number of amides is 1. The zero-order valence-corrected chi connectivity index (χ0v) is 11.0. The molecule has 1 aromatic rings. The molecule has 90 valence electrons. The molecule has 1 fully saturated rings. The highest BCUT2D eigenvalue weighted by Gasteiger charge is 2.26.